The zero-order chi connectivity index (χ0) is 22.9. The van der Waals surface area contributed by atoms with Crippen LogP contribution >= 0.6 is 0 Å². The number of methoxy groups -OCH3 is 1. The van der Waals surface area contributed by atoms with Crippen LogP contribution in [0.25, 0.3) is 0 Å². The Hall–Kier alpha value is -4.13. The summed E-state index contributed by atoms with van der Waals surface area (Å²) in [6.07, 6.45) is 0. The number of carbonyl (C=O) groups is 3. The number of rotatable bonds is 8. The molecule has 32 heavy (non-hydrogen) atoms. The Morgan fingerprint density at radius 3 is 2.22 bits per heavy atom. The first kappa shape index (κ1) is 22.6. The average molecular weight is 432 g/mol. The number of hydrogen-bond acceptors (Lipinski definition) is 5. The van der Waals surface area contributed by atoms with E-state index in [0.29, 0.717) is 22.6 Å². The normalized spacial score (nSPS) is 11.2. The van der Waals surface area contributed by atoms with Crippen LogP contribution in [-0.2, 0) is 9.53 Å². The van der Waals surface area contributed by atoms with Gasteiger partial charge in [0.05, 0.1) is 30.0 Å². The SMILES string of the molecule is COC(=O)c1ccc(OCC(=O)Nc2ccccc2C(=O)N[C@H](C)c2ccccc2)cc1. The topological polar surface area (TPSA) is 93.7 Å². The number of para-hydroxylation sites is 1. The fourth-order valence-electron chi connectivity index (χ4n) is 3.03. The Balaban J connectivity index is 1.59. The van der Waals surface area contributed by atoms with Crippen molar-refractivity contribution >= 4 is 23.5 Å². The third-order valence-electron chi connectivity index (χ3n) is 4.74. The van der Waals surface area contributed by atoms with Crippen LogP contribution in [-0.4, -0.2) is 31.5 Å². The smallest absolute Gasteiger partial charge is 0.337 e. The maximum Gasteiger partial charge on any atom is 0.337 e. The van der Waals surface area contributed by atoms with Gasteiger partial charge in [-0.25, -0.2) is 4.79 Å². The van der Waals surface area contributed by atoms with E-state index < -0.39 is 11.9 Å². The number of benzene rings is 3. The molecule has 0 heterocycles. The van der Waals surface area contributed by atoms with Crippen molar-refractivity contribution in [3.05, 3.63) is 95.6 Å². The molecule has 0 aliphatic rings. The third kappa shape index (κ3) is 5.95. The molecular formula is C25H24N2O5. The van der Waals surface area contributed by atoms with E-state index in [9.17, 15) is 14.4 Å². The molecule has 7 heteroatoms. The van der Waals surface area contributed by atoms with Crippen LogP contribution in [0.15, 0.2) is 78.9 Å². The van der Waals surface area contributed by atoms with E-state index in [1.165, 1.54) is 7.11 Å². The lowest BCUT2D eigenvalue weighted by Crippen LogP contribution is -2.28. The quantitative estimate of drug-likeness (QED) is 0.525. The molecule has 164 valence electrons. The van der Waals surface area contributed by atoms with Gasteiger partial charge in [-0.2, -0.15) is 0 Å². The second-order valence-electron chi connectivity index (χ2n) is 7.00. The highest BCUT2D eigenvalue weighted by molar-refractivity contribution is 6.04. The van der Waals surface area contributed by atoms with E-state index in [4.69, 9.17) is 4.74 Å². The first-order chi connectivity index (χ1) is 15.5. The standard InChI is InChI=1S/C25H24N2O5/c1-17(18-8-4-3-5-9-18)26-24(29)21-10-6-7-11-22(21)27-23(28)16-32-20-14-12-19(13-15-20)25(30)31-2/h3-15,17H,16H2,1-2H3,(H,26,29)(H,27,28)/t17-/m1/s1. The van der Waals surface area contributed by atoms with Crippen molar-refractivity contribution in [1.29, 1.82) is 0 Å². The fourth-order valence-corrected chi connectivity index (χ4v) is 3.03. The maximum atomic E-state index is 12.8. The predicted octanol–water partition coefficient (Wildman–Crippen LogP) is 3.98. The summed E-state index contributed by atoms with van der Waals surface area (Å²) in [6, 6.07) is 22.4. The van der Waals surface area contributed by atoms with Crippen LogP contribution in [0.3, 0.4) is 0 Å². The highest BCUT2D eigenvalue weighted by atomic mass is 16.5. The summed E-state index contributed by atoms with van der Waals surface area (Å²) in [5.74, 6) is -0.740. The molecule has 0 radical (unpaired) electrons. The van der Waals surface area contributed by atoms with Crippen LogP contribution in [0.1, 0.15) is 39.2 Å². The van der Waals surface area contributed by atoms with E-state index in [-0.39, 0.29) is 18.6 Å². The Labute approximate surface area is 186 Å². The molecule has 0 aliphatic carbocycles. The van der Waals surface area contributed by atoms with Crippen molar-refractivity contribution in [1.82, 2.24) is 5.32 Å². The van der Waals surface area contributed by atoms with Crippen molar-refractivity contribution in [3.8, 4) is 5.75 Å². The van der Waals surface area contributed by atoms with Gasteiger partial charge in [0.15, 0.2) is 6.61 Å². The molecule has 0 saturated carbocycles. The van der Waals surface area contributed by atoms with E-state index in [1.807, 2.05) is 37.3 Å². The average Bonchev–Trinajstić information content (AvgIpc) is 2.83. The molecule has 0 aliphatic heterocycles. The summed E-state index contributed by atoms with van der Waals surface area (Å²) in [7, 11) is 1.30. The molecule has 0 saturated heterocycles. The summed E-state index contributed by atoms with van der Waals surface area (Å²) in [6.45, 7) is 1.64. The van der Waals surface area contributed by atoms with Crippen molar-refractivity contribution in [2.45, 2.75) is 13.0 Å². The summed E-state index contributed by atoms with van der Waals surface area (Å²) in [4.78, 5) is 36.6. The van der Waals surface area contributed by atoms with Crippen LogP contribution < -0.4 is 15.4 Å². The van der Waals surface area contributed by atoms with Crippen molar-refractivity contribution < 1.29 is 23.9 Å². The number of anilines is 1. The lowest BCUT2D eigenvalue weighted by molar-refractivity contribution is -0.118. The second kappa shape index (κ2) is 10.8. The first-order valence-corrected chi connectivity index (χ1v) is 10.0. The maximum absolute atomic E-state index is 12.8. The summed E-state index contributed by atoms with van der Waals surface area (Å²) in [5, 5.41) is 5.66. The van der Waals surface area contributed by atoms with Crippen molar-refractivity contribution in [2.75, 3.05) is 19.0 Å². The van der Waals surface area contributed by atoms with Gasteiger partial charge < -0.3 is 20.1 Å². The number of carbonyl (C=O) groups excluding carboxylic acids is 3. The van der Waals surface area contributed by atoms with Gasteiger partial charge in [-0.1, -0.05) is 42.5 Å². The lowest BCUT2D eigenvalue weighted by atomic mass is 10.1. The minimum Gasteiger partial charge on any atom is -0.484 e. The van der Waals surface area contributed by atoms with Gasteiger partial charge in [0, 0.05) is 0 Å². The molecule has 1 atom stereocenters. The largest absolute Gasteiger partial charge is 0.484 e. The van der Waals surface area contributed by atoms with Gasteiger partial charge in [0.1, 0.15) is 5.75 Å². The van der Waals surface area contributed by atoms with E-state index >= 15 is 0 Å². The molecule has 2 amide bonds. The van der Waals surface area contributed by atoms with Crippen molar-refractivity contribution in [2.24, 2.45) is 0 Å². The molecule has 7 nitrogen and oxygen atoms in total. The molecule has 0 bridgehead atoms. The molecule has 0 fully saturated rings. The molecule has 3 rings (SSSR count). The molecule has 3 aromatic carbocycles. The summed E-state index contributed by atoms with van der Waals surface area (Å²) < 4.78 is 10.1. The number of ether oxygens (including phenoxy) is 2. The van der Waals surface area contributed by atoms with E-state index in [2.05, 4.69) is 15.4 Å². The molecule has 2 N–H and O–H groups in total. The van der Waals surface area contributed by atoms with E-state index in [1.54, 1.807) is 48.5 Å². The third-order valence-corrected chi connectivity index (χ3v) is 4.74. The molecule has 3 aromatic rings. The van der Waals surface area contributed by atoms with E-state index in [0.717, 1.165) is 5.56 Å². The summed E-state index contributed by atoms with van der Waals surface area (Å²) >= 11 is 0. The Morgan fingerprint density at radius 1 is 0.875 bits per heavy atom. The second-order valence-corrected chi connectivity index (χ2v) is 7.00. The minimum atomic E-state index is -0.453. The van der Waals surface area contributed by atoms with Gasteiger partial charge in [-0.05, 0) is 48.9 Å². The number of nitrogens with one attached hydrogen (secondary N) is 2. The molecule has 0 spiro atoms. The first-order valence-electron chi connectivity index (χ1n) is 10.0. The lowest BCUT2D eigenvalue weighted by Gasteiger charge is -2.16. The monoisotopic (exact) mass is 432 g/mol. The minimum absolute atomic E-state index is 0.191. The Kier molecular flexibility index (Phi) is 7.59. The molecular weight excluding hydrogens is 408 g/mol. The zero-order valence-corrected chi connectivity index (χ0v) is 17.8. The van der Waals surface area contributed by atoms with Crippen LogP contribution in [0, 0.1) is 0 Å². The molecule has 0 aromatic heterocycles. The zero-order valence-electron chi connectivity index (χ0n) is 17.8. The van der Waals surface area contributed by atoms with Crippen LogP contribution in [0.2, 0.25) is 0 Å². The summed E-state index contributed by atoms with van der Waals surface area (Å²) in [5.41, 5.74) is 2.11. The number of amides is 2. The van der Waals surface area contributed by atoms with Gasteiger partial charge in [-0.3, -0.25) is 9.59 Å². The Bertz CT molecular complexity index is 1080. The number of hydrogen-bond donors (Lipinski definition) is 2. The Morgan fingerprint density at radius 2 is 1.53 bits per heavy atom. The van der Waals surface area contributed by atoms with Crippen LogP contribution in [0.4, 0.5) is 5.69 Å². The highest BCUT2D eigenvalue weighted by Crippen LogP contribution is 2.18. The van der Waals surface area contributed by atoms with Crippen molar-refractivity contribution in [3.63, 3.8) is 0 Å². The number of esters is 1. The van der Waals surface area contributed by atoms with Gasteiger partial charge in [0.2, 0.25) is 0 Å². The van der Waals surface area contributed by atoms with Crippen LogP contribution in [0.5, 0.6) is 5.75 Å². The molecule has 0 unspecified atom stereocenters. The van der Waals surface area contributed by atoms with Gasteiger partial charge in [-0.15, -0.1) is 0 Å². The fraction of sp³-hybridized carbons (Fsp3) is 0.160. The van der Waals surface area contributed by atoms with Gasteiger partial charge in [0.25, 0.3) is 11.8 Å². The predicted molar refractivity (Wildman–Crippen MR) is 121 cm³/mol. The van der Waals surface area contributed by atoms with Gasteiger partial charge >= 0.3 is 5.97 Å². The highest BCUT2D eigenvalue weighted by Gasteiger charge is 2.16.